The van der Waals surface area contributed by atoms with Crippen LogP contribution in [0.4, 0.5) is 0 Å². The van der Waals surface area contributed by atoms with Crippen molar-refractivity contribution in [1.29, 1.82) is 0 Å². The minimum atomic E-state index is -0.430. The summed E-state index contributed by atoms with van der Waals surface area (Å²) in [6.45, 7) is 8.69. The molecular formula is C24H24N4O3S. The molecule has 2 heterocycles. The van der Waals surface area contributed by atoms with E-state index < -0.39 is 6.10 Å². The molecule has 1 amide bonds. The number of rotatable bonds is 9. The first-order chi connectivity index (χ1) is 15.7. The van der Waals surface area contributed by atoms with Gasteiger partial charge in [-0.15, -0.1) is 23.4 Å². The minimum absolute atomic E-state index is 0.0230. The van der Waals surface area contributed by atoms with Crippen LogP contribution in [-0.4, -0.2) is 51.0 Å². The molecule has 7 nitrogen and oxygen atoms in total. The Hall–Kier alpha value is -3.52. The van der Waals surface area contributed by atoms with Crippen molar-refractivity contribution >= 4 is 17.7 Å². The molecule has 1 aliphatic heterocycles. The first kappa shape index (κ1) is 21.7. The van der Waals surface area contributed by atoms with Crippen LogP contribution in [0, 0.1) is 0 Å². The molecule has 0 saturated heterocycles. The van der Waals surface area contributed by atoms with Crippen molar-refractivity contribution in [2.45, 2.75) is 11.3 Å². The highest BCUT2D eigenvalue weighted by Crippen LogP contribution is 2.36. The van der Waals surface area contributed by atoms with Gasteiger partial charge in [-0.3, -0.25) is 9.36 Å². The zero-order valence-electron chi connectivity index (χ0n) is 17.6. The lowest BCUT2D eigenvalue weighted by atomic mass is 10.2. The van der Waals surface area contributed by atoms with Crippen molar-refractivity contribution in [3.8, 4) is 17.2 Å². The van der Waals surface area contributed by atoms with Gasteiger partial charge in [-0.1, -0.05) is 54.2 Å². The Bertz CT molecular complexity index is 1090. The number of para-hydroxylation sites is 3. The summed E-state index contributed by atoms with van der Waals surface area (Å²) in [7, 11) is 0. The van der Waals surface area contributed by atoms with Gasteiger partial charge in [0.05, 0.1) is 5.75 Å². The Morgan fingerprint density at radius 2 is 1.75 bits per heavy atom. The second kappa shape index (κ2) is 10.2. The maximum absolute atomic E-state index is 12.7. The number of fused-ring (bicyclic) bond motifs is 1. The normalized spacial score (nSPS) is 14.6. The first-order valence-corrected chi connectivity index (χ1v) is 11.2. The van der Waals surface area contributed by atoms with Crippen molar-refractivity contribution in [3.63, 3.8) is 0 Å². The molecule has 0 spiro atoms. The predicted octanol–water partition coefficient (Wildman–Crippen LogP) is 4.07. The first-order valence-electron chi connectivity index (χ1n) is 10.2. The number of carbonyl (C=O) groups is 1. The van der Waals surface area contributed by atoms with Crippen molar-refractivity contribution in [2.75, 3.05) is 25.4 Å². The summed E-state index contributed by atoms with van der Waals surface area (Å²) in [5.74, 6) is 2.19. The summed E-state index contributed by atoms with van der Waals surface area (Å²) in [6, 6.07) is 17.3. The molecule has 1 aromatic heterocycles. The van der Waals surface area contributed by atoms with Gasteiger partial charge in [0.25, 0.3) is 0 Å². The molecule has 0 bridgehead atoms. The van der Waals surface area contributed by atoms with E-state index in [2.05, 4.69) is 23.4 Å². The number of nitrogens with zero attached hydrogens (tertiary/aromatic N) is 4. The third-order valence-corrected chi connectivity index (χ3v) is 5.76. The molecule has 0 saturated carbocycles. The van der Waals surface area contributed by atoms with Gasteiger partial charge in [0.1, 0.15) is 6.61 Å². The van der Waals surface area contributed by atoms with Crippen LogP contribution >= 0.6 is 11.8 Å². The highest BCUT2D eigenvalue weighted by Gasteiger charge is 2.29. The minimum Gasteiger partial charge on any atom is -0.485 e. The van der Waals surface area contributed by atoms with Crippen LogP contribution in [0.25, 0.3) is 5.69 Å². The standard InChI is InChI=1S/C24H24N4O3S/c1-3-14-27(15-4-2)22(29)17-32-24-26-25-23(28(24)18-10-6-5-7-11-18)21-16-30-19-12-8-9-13-20(19)31-21/h3-13,21H,1-2,14-17H2/t21-/m0/s1. The van der Waals surface area contributed by atoms with Gasteiger partial charge < -0.3 is 14.4 Å². The van der Waals surface area contributed by atoms with Gasteiger partial charge in [0, 0.05) is 18.8 Å². The third kappa shape index (κ3) is 4.70. The van der Waals surface area contributed by atoms with Gasteiger partial charge in [0.2, 0.25) is 5.91 Å². The van der Waals surface area contributed by atoms with Crippen LogP contribution in [0.5, 0.6) is 11.5 Å². The molecule has 32 heavy (non-hydrogen) atoms. The van der Waals surface area contributed by atoms with E-state index in [9.17, 15) is 4.79 Å². The largest absolute Gasteiger partial charge is 0.485 e. The smallest absolute Gasteiger partial charge is 0.233 e. The molecule has 8 heteroatoms. The van der Waals surface area contributed by atoms with E-state index >= 15 is 0 Å². The summed E-state index contributed by atoms with van der Waals surface area (Å²) in [5, 5.41) is 9.40. The van der Waals surface area contributed by atoms with Gasteiger partial charge in [-0.25, -0.2) is 0 Å². The fraction of sp³-hybridized carbons (Fsp3) is 0.208. The van der Waals surface area contributed by atoms with Crippen LogP contribution in [0.15, 0.2) is 85.1 Å². The number of hydrogen-bond acceptors (Lipinski definition) is 6. The van der Waals surface area contributed by atoms with Gasteiger partial charge >= 0.3 is 0 Å². The molecule has 164 valence electrons. The van der Waals surface area contributed by atoms with Gasteiger partial charge in [-0.2, -0.15) is 0 Å². The highest BCUT2D eigenvalue weighted by atomic mass is 32.2. The fourth-order valence-corrected chi connectivity index (χ4v) is 4.22. The summed E-state index contributed by atoms with van der Waals surface area (Å²) in [5.41, 5.74) is 0.888. The van der Waals surface area contributed by atoms with E-state index in [1.165, 1.54) is 11.8 Å². The molecule has 0 aliphatic carbocycles. The van der Waals surface area contributed by atoms with E-state index in [1.54, 1.807) is 17.1 Å². The molecule has 2 aromatic carbocycles. The van der Waals surface area contributed by atoms with E-state index in [0.29, 0.717) is 42.2 Å². The lowest BCUT2D eigenvalue weighted by Gasteiger charge is -2.26. The van der Waals surface area contributed by atoms with Crippen LogP contribution in [0.3, 0.4) is 0 Å². The highest BCUT2D eigenvalue weighted by molar-refractivity contribution is 7.99. The molecule has 1 aliphatic rings. The summed E-state index contributed by atoms with van der Waals surface area (Å²) in [4.78, 5) is 14.4. The molecule has 3 aromatic rings. The quantitative estimate of drug-likeness (QED) is 0.363. The second-order valence-corrected chi connectivity index (χ2v) is 7.98. The Labute approximate surface area is 191 Å². The fourth-order valence-electron chi connectivity index (χ4n) is 3.36. The Kier molecular flexibility index (Phi) is 6.91. The Morgan fingerprint density at radius 1 is 1.06 bits per heavy atom. The van der Waals surface area contributed by atoms with E-state index in [-0.39, 0.29) is 11.7 Å². The van der Waals surface area contributed by atoms with Crippen molar-refractivity contribution < 1.29 is 14.3 Å². The lowest BCUT2D eigenvalue weighted by Crippen LogP contribution is -2.32. The monoisotopic (exact) mass is 448 g/mol. The lowest BCUT2D eigenvalue weighted by molar-refractivity contribution is -0.127. The molecule has 0 N–H and O–H groups in total. The number of ether oxygens (including phenoxy) is 2. The van der Waals surface area contributed by atoms with E-state index in [4.69, 9.17) is 9.47 Å². The topological polar surface area (TPSA) is 69.5 Å². The average Bonchev–Trinajstić information content (AvgIpc) is 3.26. The molecular weight excluding hydrogens is 424 g/mol. The predicted molar refractivity (Wildman–Crippen MR) is 124 cm³/mol. The number of benzene rings is 2. The summed E-state index contributed by atoms with van der Waals surface area (Å²) >= 11 is 1.33. The maximum Gasteiger partial charge on any atom is 0.233 e. The van der Waals surface area contributed by atoms with E-state index in [0.717, 1.165) is 5.69 Å². The summed E-state index contributed by atoms with van der Waals surface area (Å²) in [6.07, 6.45) is 2.98. The maximum atomic E-state index is 12.7. The third-order valence-electron chi connectivity index (χ3n) is 4.85. The molecule has 0 fully saturated rings. The van der Waals surface area contributed by atoms with Crippen LogP contribution in [0.1, 0.15) is 11.9 Å². The molecule has 4 rings (SSSR count). The van der Waals surface area contributed by atoms with Crippen molar-refractivity contribution in [2.24, 2.45) is 0 Å². The number of amides is 1. The van der Waals surface area contributed by atoms with Gasteiger partial charge in [0.15, 0.2) is 28.6 Å². The van der Waals surface area contributed by atoms with Gasteiger partial charge in [-0.05, 0) is 24.3 Å². The van der Waals surface area contributed by atoms with Crippen molar-refractivity contribution in [3.05, 3.63) is 85.7 Å². The Morgan fingerprint density at radius 3 is 2.47 bits per heavy atom. The molecule has 1 atom stereocenters. The average molecular weight is 449 g/mol. The number of carbonyl (C=O) groups excluding carboxylic acids is 1. The molecule has 0 radical (unpaired) electrons. The Balaban J connectivity index is 1.60. The molecule has 0 unspecified atom stereocenters. The second-order valence-electron chi connectivity index (χ2n) is 7.04. The van der Waals surface area contributed by atoms with Crippen molar-refractivity contribution in [1.82, 2.24) is 19.7 Å². The number of aromatic nitrogens is 3. The summed E-state index contributed by atoms with van der Waals surface area (Å²) < 4.78 is 14.0. The van der Waals surface area contributed by atoms with Crippen LogP contribution < -0.4 is 9.47 Å². The van der Waals surface area contributed by atoms with E-state index in [1.807, 2.05) is 59.2 Å². The zero-order valence-corrected chi connectivity index (χ0v) is 18.4. The number of hydrogen-bond donors (Lipinski definition) is 0. The van der Waals surface area contributed by atoms with Crippen LogP contribution in [0.2, 0.25) is 0 Å². The van der Waals surface area contributed by atoms with Crippen LogP contribution in [-0.2, 0) is 4.79 Å². The zero-order chi connectivity index (χ0) is 22.3. The SMILES string of the molecule is C=CCN(CC=C)C(=O)CSc1nnc([C@@H]2COc3ccccc3O2)n1-c1ccccc1. The number of thioether (sulfide) groups is 1.